The normalized spacial score (nSPS) is 39.1. The summed E-state index contributed by atoms with van der Waals surface area (Å²) in [6.45, 7) is 4.19. The zero-order valence-corrected chi connectivity index (χ0v) is 6.59. The zero-order valence-electron chi connectivity index (χ0n) is 6.59. The minimum atomic E-state index is -0.0891. The second-order valence-corrected chi connectivity index (χ2v) is 3.49. The summed E-state index contributed by atoms with van der Waals surface area (Å²) in [4.78, 5) is 0. The van der Waals surface area contributed by atoms with Crippen molar-refractivity contribution in [1.29, 1.82) is 5.26 Å². The molecule has 0 amide bonds. The summed E-state index contributed by atoms with van der Waals surface area (Å²) in [5, 5.41) is 8.78. The van der Waals surface area contributed by atoms with Crippen LogP contribution >= 0.6 is 0 Å². The van der Waals surface area contributed by atoms with Gasteiger partial charge in [-0.05, 0) is 25.7 Å². The summed E-state index contributed by atoms with van der Waals surface area (Å²) in [6, 6.07) is 2.36. The molecule has 0 radical (unpaired) electrons. The van der Waals surface area contributed by atoms with E-state index in [4.69, 9.17) is 5.26 Å². The summed E-state index contributed by atoms with van der Waals surface area (Å²) in [5.74, 6) is 0.582. The third-order valence-electron chi connectivity index (χ3n) is 2.08. The molecule has 0 N–H and O–H groups in total. The standard InChI is InChI=1S/C9H13N/c1-8-4-3-5-9(2,6-8)7-10/h3-4,8H,5-6H2,1-2H3/t8-,9-/m1/s1. The molecule has 0 unspecified atom stereocenters. The lowest BCUT2D eigenvalue weighted by Crippen LogP contribution is -2.19. The number of hydrogen-bond acceptors (Lipinski definition) is 1. The van der Waals surface area contributed by atoms with Gasteiger partial charge in [-0.2, -0.15) is 5.26 Å². The average Bonchev–Trinajstić information content (AvgIpc) is 1.88. The molecule has 1 nitrogen and oxygen atoms in total. The molecule has 0 saturated heterocycles. The molecule has 0 bridgehead atoms. The van der Waals surface area contributed by atoms with E-state index in [0.717, 1.165) is 12.8 Å². The Labute approximate surface area is 62.4 Å². The summed E-state index contributed by atoms with van der Waals surface area (Å²) in [5.41, 5.74) is -0.0891. The predicted octanol–water partition coefficient (Wildman–Crippen LogP) is 2.50. The van der Waals surface area contributed by atoms with E-state index < -0.39 is 0 Å². The van der Waals surface area contributed by atoms with E-state index in [0.29, 0.717) is 5.92 Å². The van der Waals surface area contributed by atoms with Gasteiger partial charge in [0.25, 0.3) is 0 Å². The molecule has 1 rings (SSSR count). The highest BCUT2D eigenvalue weighted by molar-refractivity contribution is 5.08. The lowest BCUT2D eigenvalue weighted by Gasteiger charge is -2.26. The van der Waals surface area contributed by atoms with Crippen molar-refractivity contribution in [1.82, 2.24) is 0 Å². The van der Waals surface area contributed by atoms with E-state index in [1.165, 1.54) is 0 Å². The molecule has 0 fully saturated rings. The van der Waals surface area contributed by atoms with Crippen LogP contribution in [-0.2, 0) is 0 Å². The topological polar surface area (TPSA) is 23.8 Å². The van der Waals surface area contributed by atoms with E-state index in [1.807, 2.05) is 6.92 Å². The van der Waals surface area contributed by atoms with Crippen molar-refractivity contribution in [2.24, 2.45) is 11.3 Å². The van der Waals surface area contributed by atoms with Crippen molar-refractivity contribution >= 4 is 0 Å². The van der Waals surface area contributed by atoms with Gasteiger partial charge in [-0.1, -0.05) is 19.1 Å². The van der Waals surface area contributed by atoms with Crippen LogP contribution in [0.25, 0.3) is 0 Å². The second-order valence-electron chi connectivity index (χ2n) is 3.49. The smallest absolute Gasteiger partial charge is 0.0690 e. The fraction of sp³-hybridized carbons (Fsp3) is 0.667. The van der Waals surface area contributed by atoms with Gasteiger partial charge in [0.1, 0.15) is 0 Å². The first-order chi connectivity index (χ1) is 4.66. The van der Waals surface area contributed by atoms with E-state index in [2.05, 4.69) is 25.1 Å². The van der Waals surface area contributed by atoms with Crippen molar-refractivity contribution in [2.45, 2.75) is 26.7 Å². The van der Waals surface area contributed by atoms with Gasteiger partial charge in [-0.15, -0.1) is 0 Å². The van der Waals surface area contributed by atoms with Crippen LogP contribution in [0.1, 0.15) is 26.7 Å². The Morgan fingerprint density at radius 1 is 1.70 bits per heavy atom. The van der Waals surface area contributed by atoms with Crippen LogP contribution in [-0.4, -0.2) is 0 Å². The van der Waals surface area contributed by atoms with Gasteiger partial charge in [0, 0.05) is 0 Å². The molecule has 0 heterocycles. The first kappa shape index (κ1) is 7.34. The summed E-state index contributed by atoms with van der Waals surface area (Å²) in [6.07, 6.45) is 6.25. The summed E-state index contributed by atoms with van der Waals surface area (Å²) < 4.78 is 0. The van der Waals surface area contributed by atoms with Crippen molar-refractivity contribution in [3.8, 4) is 6.07 Å². The van der Waals surface area contributed by atoms with Gasteiger partial charge in [0.15, 0.2) is 0 Å². The number of nitrogens with zero attached hydrogens (tertiary/aromatic N) is 1. The van der Waals surface area contributed by atoms with Gasteiger partial charge in [0.2, 0.25) is 0 Å². The minimum Gasteiger partial charge on any atom is -0.198 e. The largest absolute Gasteiger partial charge is 0.198 e. The van der Waals surface area contributed by atoms with E-state index >= 15 is 0 Å². The third kappa shape index (κ3) is 1.39. The SMILES string of the molecule is C[C@@H]1C=CC[C@@](C)(C#N)C1. The maximum absolute atomic E-state index is 8.78. The maximum Gasteiger partial charge on any atom is 0.0690 e. The molecular formula is C9H13N. The zero-order chi connectivity index (χ0) is 7.61. The van der Waals surface area contributed by atoms with Crippen LogP contribution in [0, 0.1) is 22.7 Å². The Balaban J connectivity index is 2.70. The van der Waals surface area contributed by atoms with Crippen LogP contribution in [0.3, 0.4) is 0 Å². The Kier molecular flexibility index (Phi) is 1.80. The maximum atomic E-state index is 8.78. The predicted molar refractivity (Wildman–Crippen MR) is 41.3 cm³/mol. The van der Waals surface area contributed by atoms with Gasteiger partial charge in [-0.25, -0.2) is 0 Å². The van der Waals surface area contributed by atoms with Gasteiger partial charge < -0.3 is 0 Å². The molecule has 1 heteroatoms. The van der Waals surface area contributed by atoms with Crippen molar-refractivity contribution in [2.75, 3.05) is 0 Å². The molecule has 0 aromatic heterocycles. The fourth-order valence-corrected chi connectivity index (χ4v) is 1.51. The van der Waals surface area contributed by atoms with Gasteiger partial charge in [0.05, 0.1) is 11.5 Å². The van der Waals surface area contributed by atoms with Gasteiger partial charge >= 0.3 is 0 Å². The molecule has 1 aliphatic rings. The Morgan fingerprint density at radius 2 is 2.40 bits per heavy atom. The quantitative estimate of drug-likeness (QED) is 0.468. The highest BCUT2D eigenvalue weighted by atomic mass is 14.4. The lowest BCUT2D eigenvalue weighted by molar-refractivity contribution is 0.347. The molecule has 10 heavy (non-hydrogen) atoms. The molecule has 2 atom stereocenters. The first-order valence-electron chi connectivity index (χ1n) is 3.74. The molecular weight excluding hydrogens is 122 g/mol. The molecule has 1 aliphatic carbocycles. The number of rotatable bonds is 0. The minimum absolute atomic E-state index is 0.0891. The van der Waals surface area contributed by atoms with Crippen molar-refractivity contribution < 1.29 is 0 Å². The number of allylic oxidation sites excluding steroid dienone is 2. The Morgan fingerprint density at radius 3 is 2.80 bits per heavy atom. The van der Waals surface area contributed by atoms with Crippen molar-refractivity contribution in [3.63, 3.8) is 0 Å². The molecule has 0 spiro atoms. The van der Waals surface area contributed by atoms with Crippen LogP contribution in [0.2, 0.25) is 0 Å². The monoisotopic (exact) mass is 135 g/mol. The van der Waals surface area contributed by atoms with Crippen LogP contribution in [0.15, 0.2) is 12.2 Å². The lowest BCUT2D eigenvalue weighted by atomic mass is 9.76. The van der Waals surface area contributed by atoms with Crippen molar-refractivity contribution in [3.05, 3.63) is 12.2 Å². The molecule has 0 saturated carbocycles. The van der Waals surface area contributed by atoms with E-state index in [-0.39, 0.29) is 5.41 Å². The first-order valence-corrected chi connectivity index (χ1v) is 3.74. The fourth-order valence-electron chi connectivity index (χ4n) is 1.51. The molecule has 0 aliphatic heterocycles. The number of nitriles is 1. The van der Waals surface area contributed by atoms with E-state index in [9.17, 15) is 0 Å². The van der Waals surface area contributed by atoms with Crippen LogP contribution < -0.4 is 0 Å². The molecule has 0 aromatic rings. The molecule has 54 valence electrons. The average molecular weight is 135 g/mol. The summed E-state index contributed by atoms with van der Waals surface area (Å²) >= 11 is 0. The number of hydrogen-bond donors (Lipinski definition) is 0. The van der Waals surface area contributed by atoms with E-state index in [1.54, 1.807) is 0 Å². The highest BCUT2D eigenvalue weighted by Gasteiger charge is 2.26. The second kappa shape index (κ2) is 2.46. The Hall–Kier alpha value is -0.770. The van der Waals surface area contributed by atoms with Gasteiger partial charge in [-0.3, -0.25) is 0 Å². The molecule has 0 aromatic carbocycles. The van der Waals surface area contributed by atoms with Crippen LogP contribution in [0.4, 0.5) is 0 Å². The summed E-state index contributed by atoms with van der Waals surface area (Å²) in [7, 11) is 0. The third-order valence-corrected chi connectivity index (χ3v) is 2.08. The Bertz CT molecular complexity index is 187. The van der Waals surface area contributed by atoms with Crippen LogP contribution in [0.5, 0.6) is 0 Å². The highest BCUT2D eigenvalue weighted by Crippen LogP contribution is 2.33.